The molecular weight excluding hydrogens is 570 g/mol. The molecule has 0 atom stereocenters. The van der Waals surface area contributed by atoms with Crippen molar-refractivity contribution in [2.45, 2.75) is 26.7 Å². The van der Waals surface area contributed by atoms with Crippen LogP contribution in [0.3, 0.4) is 0 Å². The zero-order chi connectivity index (χ0) is 32.2. The Hall–Kier alpha value is -5.88. The Morgan fingerprint density at radius 1 is 0.370 bits per heavy atom. The molecule has 6 aromatic rings. The molecule has 0 unspecified atom stereocenters. The fraction of sp³-hybridized carbons (Fsp3) is 0.100. The molecule has 0 amide bonds. The largest absolute Gasteiger partial charge is 0.457 e. The van der Waals surface area contributed by atoms with E-state index in [9.17, 15) is 0 Å². The Labute approximate surface area is 270 Å². The smallest absolute Gasteiger partial charge is 0.130 e. The van der Waals surface area contributed by atoms with E-state index in [0.717, 1.165) is 67.9 Å². The molecule has 0 heterocycles. The van der Waals surface area contributed by atoms with Crippen molar-refractivity contribution in [1.82, 2.24) is 0 Å². The average molecular weight is 608 g/mol. The Bertz CT molecular complexity index is 1740. The van der Waals surface area contributed by atoms with E-state index in [1.165, 1.54) is 0 Å². The van der Waals surface area contributed by atoms with Crippen LogP contribution in [0.4, 0.5) is 17.1 Å². The number of rotatable bonds is 9. The Morgan fingerprint density at radius 3 is 0.870 bits per heavy atom. The zero-order valence-electron chi connectivity index (χ0n) is 26.2. The fourth-order valence-corrected chi connectivity index (χ4v) is 5.50. The molecule has 0 radical (unpaired) electrons. The lowest BCUT2D eigenvalue weighted by Gasteiger charge is -2.20. The van der Waals surface area contributed by atoms with Crippen LogP contribution >= 0.6 is 0 Å². The summed E-state index contributed by atoms with van der Waals surface area (Å²) in [7, 11) is 0. The molecule has 0 bridgehead atoms. The van der Waals surface area contributed by atoms with Crippen LogP contribution in [-0.2, 0) is 0 Å². The molecule has 6 rings (SSSR count). The van der Waals surface area contributed by atoms with Gasteiger partial charge in [-0.05, 0) is 145 Å². The molecule has 6 heteroatoms. The number of ether oxygens (including phenoxy) is 3. The highest BCUT2D eigenvalue weighted by molar-refractivity contribution is 5.53. The van der Waals surface area contributed by atoms with Crippen LogP contribution in [0.2, 0.25) is 0 Å². The minimum atomic E-state index is -0.0491. The third kappa shape index (κ3) is 6.92. The molecule has 0 saturated carbocycles. The van der Waals surface area contributed by atoms with Crippen LogP contribution in [0.5, 0.6) is 34.5 Å². The monoisotopic (exact) mass is 607 g/mol. The molecular formula is C40H37N3O3. The van der Waals surface area contributed by atoms with Gasteiger partial charge < -0.3 is 31.4 Å². The molecule has 46 heavy (non-hydrogen) atoms. The van der Waals surface area contributed by atoms with Gasteiger partial charge in [-0.3, -0.25) is 0 Å². The molecule has 0 aromatic heterocycles. The minimum absolute atomic E-state index is 0.0491. The standard InChI is InChI=1S/C40H37N3O3/c1-25-22-31(41)10-19-37(25)44-34-13-4-28(5-14-34)40(29-6-15-35(16-7-29)45-38-20-11-32(42)23-26(38)2)30-8-17-36(18-9-30)46-39-21-12-33(43)24-27(39)3/h4-24,40H,41-43H2,1-3H3. The van der Waals surface area contributed by atoms with E-state index in [-0.39, 0.29) is 5.92 Å². The lowest BCUT2D eigenvalue weighted by Crippen LogP contribution is -2.04. The van der Waals surface area contributed by atoms with Crippen LogP contribution < -0.4 is 31.4 Å². The van der Waals surface area contributed by atoms with Gasteiger partial charge in [0, 0.05) is 23.0 Å². The number of benzene rings is 6. The molecule has 6 aromatic carbocycles. The van der Waals surface area contributed by atoms with Gasteiger partial charge in [-0.2, -0.15) is 0 Å². The van der Waals surface area contributed by atoms with Gasteiger partial charge in [-0.25, -0.2) is 0 Å². The van der Waals surface area contributed by atoms with Gasteiger partial charge in [0.05, 0.1) is 0 Å². The van der Waals surface area contributed by atoms with Crippen molar-refractivity contribution >= 4 is 17.1 Å². The number of anilines is 3. The third-order valence-electron chi connectivity index (χ3n) is 7.92. The van der Waals surface area contributed by atoms with E-state index in [2.05, 4.69) is 36.4 Å². The summed E-state index contributed by atoms with van der Waals surface area (Å²) in [6.45, 7) is 5.96. The minimum Gasteiger partial charge on any atom is -0.457 e. The summed E-state index contributed by atoms with van der Waals surface area (Å²) >= 11 is 0. The second kappa shape index (κ2) is 13.0. The Kier molecular flexibility index (Phi) is 8.53. The normalized spacial score (nSPS) is 11.0. The summed E-state index contributed by atoms with van der Waals surface area (Å²) in [6, 6.07) is 41.6. The van der Waals surface area contributed by atoms with Crippen molar-refractivity contribution in [2.75, 3.05) is 17.2 Å². The molecule has 6 N–H and O–H groups in total. The zero-order valence-corrected chi connectivity index (χ0v) is 26.2. The van der Waals surface area contributed by atoms with Crippen LogP contribution in [0.1, 0.15) is 39.3 Å². The molecule has 0 saturated heterocycles. The Balaban J connectivity index is 1.29. The van der Waals surface area contributed by atoms with Gasteiger partial charge >= 0.3 is 0 Å². The topological polar surface area (TPSA) is 106 Å². The predicted molar refractivity (Wildman–Crippen MR) is 187 cm³/mol. The molecule has 0 aliphatic carbocycles. The lowest BCUT2D eigenvalue weighted by molar-refractivity contribution is 0.478. The van der Waals surface area contributed by atoms with Crippen LogP contribution in [0.25, 0.3) is 0 Å². The maximum Gasteiger partial charge on any atom is 0.130 e. The molecule has 0 aliphatic heterocycles. The first-order valence-corrected chi connectivity index (χ1v) is 15.1. The summed E-state index contributed by atoms with van der Waals surface area (Å²) in [5, 5.41) is 0. The SMILES string of the molecule is Cc1cc(N)ccc1Oc1ccc(C(c2ccc(Oc3ccc(N)cc3C)cc2)c2ccc(Oc3ccc(N)cc3C)cc2)cc1. The third-order valence-corrected chi connectivity index (χ3v) is 7.92. The van der Waals surface area contributed by atoms with Crippen molar-refractivity contribution in [3.8, 4) is 34.5 Å². The van der Waals surface area contributed by atoms with E-state index in [4.69, 9.17) is 31.4 Å². The summed E-state index contributed by atoms with van der Waals surface area (Å²) in [5.41, 5.74) is 26.2. The van der Waals surface area contributed by atoms with Crippen molar-refractivity contribution in [2.24, 2.45) is 0 Å². The van der Waals surface area contributed by atoms with E-state index < -0.39 is 0 Å². The summed E-state index contributed by atoms with van der Waals surface area (Å²) in [4.78, 5) is 0. The van der Waals surface area contributed by atoms with Crippen molar-refractivity contribution in [3.63, 3.8) is 0 Å². The Morgan fingerprint density at radius 2 is 0.630 bits per heavy atom. The highest BCUT2D eigenvalue weighted by atomic mass is 16.5. The van der Waals surface area contributed by atoms with Gasteiger partial charge in [0.2, 0.25) is 0 Å². The van der Waals surface area contributed by atoms with Gasteiger partial charge in [0.15, 0.2) is 0 Å². The molecule has 0 aliphatic rings. The van der Waals surface area contributed by atoms with Gasteiger partial charge in [-0.15, -0.1) is 0 Å². The van der Waals surface area contributed by atoms with Gasteiger partial charge in [0.1, 0.15) is 34.5 Å². The van der Waals surface area contributed by atoms with E-state index in [0.29, 0.717) is 17.1 Å². The number of hydrogen-bond acceptors (Lipinski definition) is 6. The molecule has 6 nitrogen and oxygen atoms in total. The highest BCUT2D eigenvalue weighted by Gasteiger charge is 2.18. The van der Waals surface area contributed by atoms with Crippen molar-refractivity contribution in [1.29, 1.82) is 0 Å². The lowest BCUT2D eigenvalue weighted by atomic mass is 9.85. The average Bonchev–Trinajstić information content (AvgIpc) is 3.04. The van der Waals surface area contributed by atoms with Crippen LogP contribution in [0, 0.1) is 20.8 Å². The number of nitrogens with two attached hydrogens (primary N) is 3. The molecule has 230 valence electrons. The molecule has 0 spiro atoms. The van der Waals surface area contributed by atoms with Crippen molar-refractivity contribution < 1.29 is 14.2 Å². The first kappa shape index (κ1) is 30.2. The number of aryl methyl sites for hydroxylation is 3. The van der Waals surface area contributed by atoms with E-state index in [1.807, 2.05) is 112 Å². The van der Waals surface area contributed by atoms with Crippen molar-refractivity contribution in [3.05, 3.63) is 161 Å². The summed E-state index contributed by atoms with van der Waals surface area (Å²) < 4.78 is 18.6. The number of nitrogen functional groups attached to an aromatic ring is 3. The van der Waals surface area contributed by atoms with Crippen LogP contribution in [-0.4, -0.2) is 0 Å². The predicted octanol–water partition coefficient (Wildman–Crippen LogP) is 9.92. The second-order valence-corrected chi connectivity index (χ2v) is 11.5. The highest BCUT2D eigenvalue weighted by Crippen LogP contribution is 2.37. The second-order valence-electron chi connectivity index (χ2n) is 11.5. The first-order chi connectivity index (χ1) is 22.2. The first-order valence-electron chi connectivity index (χ1n) is 15.1. The van der Waals surface area contributed by atoms with Crippen LogP contribution in [0.15, 0.2) is 127 Å². The quantitative estimate of drug-likeness (QED) is 0.112. The van der Waals surface area contributed by atoms with Gasteiger partial charge in [-0.1, -0.05) is 36.4 Å². The summed E-state index contributed by atoms with van der Waals surface area (Å²) in [5.74, 6) is 4.53. The fourth-order valence-electron chi connectivity index (χ4n) is 5.50. The van der Waals surface area contributed by atoms with E-state index in [1.54, 1.807) is 0 Å². The van der Waals surface area contributed by atoms with Gasteiger partial charge in [0.25, 0.3) is 0 Å². The van der Waals surface area contributed by atoms with E-state index >= 15 is 0 Å². The molecule has 0 fully saturated rings. The number of hydrogen-bond donors (Lipinski definition) is 3. The summed E-state index contributed by atoms with van der Waals surface area (Å²) in [6.07, 6.45) is 0. The maximum absolute atomic E-state index is 6.18. The maximum atomic E-state index is 6.18.